The largest absolute Gasteiger partial charge is 0.454 e. The SMILES string of the molecule is CC(c1ccc2c(c1)OCO2)N1CCN(c2ncc(Cl)cn2)CC1. The summed E-state index contributed by atoms with van der Waals surface area (Å²) >= 11 is 5.85. The van der Waals surface area contributed by atoms with Gasteiger partial charge in [-0.2, -0.15) is 0 Å². The van der Waals surface area contributed by atoms with E-state index in [1.54, 1.807) is 12.4 Å². The zero-order valence-electron chi connectivity index (χ0n) is 13.5. The summed E-state index contributed by atoms with van der Waals surface area (Å²) in [6, 6.07) is 6.52. The van der Waals surface area contributed by atoms with Crippen molar-refractivity contribution in [3.05, 3.63) is 41.2 Å². The van der Waals surface area contributed by atoms with Crippen LogP contribution in [-0.4, -0.2) is 47.8 Å². The molecule has 126 valence electrons. The van der Waals surface area contributed by atoms with Gasteiger partial charge in [0.15, 0.2) is 11.5 Å². The Morgan fingerprint density at radius 3 is 2.50 bits per heavy atom. The highest BCUT2D eigenvalue weighted by Gasteiger charge is 2.24. The molecule has 6 nitrogen and oxygen atoms in total. The van der Waals surface area contributed by atoms with Gasteiger partial charge in [-0.05, 0) is 24.6 Å². The molecule has 1 atom stereocenters. The minimum absolute atomic E-state index is 0.312. The van der Waals surface area contributed by atoms with Crippen LogP contribution in [0.2, 0.25) is 5.02 Å². The summed E-state index contributed by atoms with van der Waals surface area (Å²) < 4.78 is 10.9. The highest BCUT2D eigenvalue weighted by molar-refractivity contribution is 6.30. The second kappa shape index (κ2) is 6.45. The Bertz CT molecular complexity index is 717. The predicted molar refractivity (Wildman–Crippen MR) is 91.8 cm³/mol. The van der Waals surface area contributed by atoms with Crippen LogP contribution >= 0.6 is 11.6 Å². The maximum atomic E-state index is 5.85. The maximum absolute atomic E-state index is 5.85. The third kappa shape index (κ3) is 2.99. The van der Waals surface area contributed by atoms with Crippen molar-refractivity contribution in [2.75, 3.05) is 37.9 Å². The summed E-state index contributed by atoms with van der Waals surface area (Å²) in [5.41, 5.74) is 1.25. The summed E-state index contributed by atoms with van der Waals surface area (Å²) in [6.45, 7) is 6.26. The van der Waals surface area contributed by atoms with Crippen LogP contribution < -0.4 is 14.4 Å². The highest BCUT2D eigenvalue weighted by atomic mass is 35.5. The monoisotopic (exact) mass is 346 g/mol. The van der Waals surface area contributed by atoms with Crippen molar-refractivity contribution in [1.82, 2.24) is 14.9 Å². The molecule has 0 spiro atoms. The number of rotatable bonds is 3. The predicted octanol–water partition coefficient (Wildman–Crippen LogP) is 2.74. The standard InChI is InChI=1S/C17H19ClN4O2/c1-12(13-2-3-15-16(8-13)24-11-23-15)21-4-6-22(7-5-21)17-19-9-14(18)10-20-17/h2-3,8-10,12H,4-7,11H2,1H3. The number of piperazine rings is 1. The Labute approximate surface area is 146 Å². The lowest BCUT2D eigenvalue weighted by Crippen LogP contribution is -2.47. The number of aromatic nitrogens is 2. The molecule has 1 fully saturated rings. The number of hydrogen-bond donors (Lipinski definition) is 0. The van der Waals surface area contributed by atoms with Crippen LogP contribution in [0.1, 0.15) is 18.5 Å². The van der Waals surface area contributed by atoms with Crippen LogP contribution in [0.25, 0.3) is 0 Å². The smallest absolute Gasteiger partial charge is 0.231 e. The number of nitrogens with zero attached hydrogens (tertiary/aromatic N) is 4. The molecule has 2 aliphatic rings. The van der Waals surface area contributed by atoms with E-state index < -0.39 is 0 Å². The lowest BCUT2D eigenvalue weighted by atomic mass is 10.1. The number of benzene rings is 1. The number of anilines is 1. The van der Waals surface area contributed by atoms with E-state index in [4.69, 9.17) is 21.1 Å². The van der Waals surface area contributed by atoms with Gasteiger partial charge in [0, 0.05) is 32.2 Å². The molecule has 1 aromatic heterocycles. The van der Waals surface area contributed by atoms with Crippen molar-refractivity contribution in [3.63, 3.8) is 0 Å². The molecule has 0 N–H and O–H groups in total. The minimum atomic E-state index is 0.312. The zero-order chi connectivity index (χ0) is 16.5. The van der Waals surface area contributed by atoms with Gasteiger partial charge < -0.3 is 14.4 Å². The van der Waals surface area contributed by atoms with E-state index in [1.165, 1.54) is 5.56 Å². The average molecular weight is 347 g/mol. The lowest BCUT2D eigenvalue weighted by Gasteiger charge is -2.38. The Morgan fingerprint density at radius 2 is 1.75 bits per heavy atom. The van der Waals surface area contributed by atoms with E-state index in [0.717, 1.165) is 43.6 Å². The topological polar surface area (TPSA) is 50.7 Å². The van der Waals surface area contributed by atoms with E-state index in [0.29, 0.717) is 17.9 Å². The average Bonchev–Trinajstić information content (AvgIpc) is 3.09. The van der Waals surface area contributed by atoms with Crippen LogP contribution in [0, 0.1) is 0 Å². The Hall–Kier alpha value is -2.05. The molecule has 0 saturated carbocycles. The van der Waals surface area contributed by atoms with E-state index in [1.807, 2.05) is 6.07 Å². The molecular weight excluding hydrogens is 328 g/mol. The first-order valence-electron chi connectivity index (χ1n) is 8.07. The molecule has 3 heterocycles. The molecule has 7 heteroatoms. The number of halogens is 1. The molecule has 2 aromatic rings. The summed E-state index contributed by atoms with van der Waals surface area (Å²) in [5.74, 6) is 2.41. The fraction of sp³-hybridized carbons (Fsp3) is 0.412. The number of hydrogen-bond acceptors (Lipinski definition) is 6. The first-order chi connectivity index (χ1) is 11.7. The van der Waals surface area contributed by atoms with Crippen LogP contribution in [0.4, 0.5) is 5.95 Å². The number of ether oxygens (including phenoxy) is 2. The third-order valence-corrected chi connectivity index (χ3v) is 4.83. The van der Waals surface area contributed by atoms with Crippen molar-refractivity contribution in [1.29, 1.82) is 0 Å². The van der Waals surface area contributed by atoms with Crippen molar-refractivity contribution < 1.29 is 9.47 Å². The van der Waals surface area contributed by atoms with Crippen LogP contribution in [0.3, 0.4) is 0 Å². The molecule has 24 heavy (non-hydrogen) atoms. The van der Waals surface area contributed by atoms with Gasteiger partial charge in [-0.1, -0.05) is 17.7 Å². The molecule has 0 bridgehead atoms. The highest BCUT2D eigenvalue weighted by Crippen LogP contribution is 2.35. The first kappa shape index (κ1) is 15.5. The second-order valence-electron chi connectivity index (χ2n) is 6.01. The molecule has 4 rings (SSSR count). The van der Waals surface area contributed by atoms with E-state index in [2.05, 4.69) is 38.8 Å². The van der Waals surface area contributed by atoms with Crippen molar-refractivity contribution >= 4 is 17.5 Å². The van der Waals surface area contributed by atoms with Crippen molar-refractivity contribution in [2.24, 2.45) is 0 Å². The summed E-state index contributed by atoms with van der Waals surface area (Å²) in [6.07, 6.45) is 3.29. The van der Waals surface area contributed by atoms with E-state index >= 15 is 0 Å². The normalized spacial score (nSPS) is 18.7. The molecule has 1 aromatic carbocycles. The van der Waals surface area contributed by atoms with Crippen LogP contribution in [0.5, 0.6) is 11.5 Å². The molecule has 0 aliphatic carbocycles. The van der Waals surface area contributed by atoms with Gasteiger partial charge in [0.1, 0.15) is 0 Å². The first-order valence-corrected chi connectivity index (χ1v) is 8.44. The number of fused-ring (bicyclic) bond motifs is 1. The van der Waals surface area contributed by atoms with Gasteiger partial charge in [-0.25, -0.2) is 9.97 Å². The van der Waals surface area contributed by atoms with Gasteiger partial charge in [0.05, 0.1) is 17.4 Å². The Kier molecular flexibility index (Phi) is 4.16. The molecular formula is C17H19ClN4O2. The van der Waals surface area contributed by atoms with Gasteiger partial charge in [-0.3, -0.25) is 4.90 Å². The minimum Gasteiger partial charge on any atom is -0.454 e. The summed E-state index contributed by atoms with van der Waals surface area (Å²) in [5, 5.41) is 0.564. The van der Waals surface area contributed by atoms with E-state index in [9.17, 15) is 0 Å². The fourth-order valence-corrected chi connectivity index (χ4v) is 3.26. The Balaban J connectivity index is 1.41. The molecule has 1 saturated heterocycles. The molecule has 0 amide bonds. The maximum Gasteiger partial charge on any atom is 0.231 e. The fourth-order valence-electron chi connectivity index (χ4n) is 3.16. The quantitative estimate of drug-likeness (QED) is 0.851. The molecule has 1 unspecified atom stereocenters. The van der Waals surface area contributed by atoms with Crippen molar-refractivity contribution in [2.45, 2.75) is 13.0 Å². The summed E-state index contributed by atoms with van der Waals surface area (Å²) in [4.78, 5) is 13.3. The zero-order valence-corrected chi connectivity index (χ0v) is 14.2. The van der Waals surface area contributed by atoms with Gasteiger partial charge in [0.25, 0.3) is 0 Å². The van der Waals surface area contributed by atoms with Crippen LogP contribution in [-0.2, 0) is 0 Å². The summed E-state index contributed by atoms with van der Waals surface area (Å²) in [7, 11) is 0. The van der Waals surface area contributed by atoms with Crippen molar-refractivity contribution in [3.8, 4) is 11.5 Å². The van der Waals surface area contributed by atoms with Crippen LogP contribution in [0.15, 0.2) is 30.6 Å². The molecule has 0 radical (unpaired) electrons. The van der Waals surface area contributed by atoms with Gasteiger partial charge >= 0.3 is 0 Å². The van der Waals surface area contributed by atoms with Gasteiger partial charge in [0.2, 0.25) is 12.7 Å². The second-order valence-corrected chi connectivity index (χ2v) is 6.45. The molecule has 2 aliphatic heterocycles. The van der Waals surface area contributed by atoms with E-state index in [-0.39, 0.29) is 0 Å². The van der Waals surface area contributed by atoms with Gasteiger partial charge in [-0.15, -0.1) is 0 Å². The lowest BCUT2D eigenvalue weighted by molar-refractivity contribution is 0.173. The Morgan fingerprint density at radius 1 is 1.04 bits per heavy atom. The third-order valence-electron chi connectivity index (χ3n) is 4.63.